The summed E-state index contributed by atoms with van der Waals surface area (Å²) in [5.74, 6) is 0.0829. The molecule has 1 amide bonds. The van der Waals surface area contributed by atoms with Gasteiger partial charge < -0.3 is 10.6 Å². The molecule has 0 aliphatic carbocycles. The van der Waals surface area contributed by atoms with Gasteiger partial charge >= 0.3 is 0 Å². The Kier molecular flexibility index (Phi) is 3.72. The second kappa shape index (κ2) is 4.49. The average Bonchev–Trinajstić information content (AvgIpc) is 2.37. The Morgan fingerprint density at radius 2 is 2.13 bits per heavy atom. The van der Waals surface area contributed by atoms with Crippen LogP contribution in [0.25, 0.3) is 0 Å². The molecule has 0 aromatic rings. The van der Waals surface area contributed by atoms with Gasteiger partial charge in [-0.1, -0.05) is 6.92 Å². The lowest BCUT2D eigenvalue weighted by molar-refractivity contribution is -0.121. The van der Waals surface area contributed by atoms with Crippen molar-refractivity contribution in [2.45, 2.75) is 25.8 Å². The maximum Gasteiger partial charge on any atom is 0.234 e. The van der Waals surface area contributed by atoms with E-state index in [1.165, 1.54) is 0 Å². The molecular formula is C9H18N2O3S. The van der Waals surface area contributed by atoms with Crippen LogP contribution < -0.4 is 10.6 Å². The van der Waals surface area contributed by atoms with E-state index in [2.05, 4.69) is 10.6 Å². The molecule has 6 heteroatoms. The van der Waals surface area contributed by atoms with Crippen LogP contribution in [0.3, 0.4) is 0 Å². The minimum atomic E-state index is -2.96. The van der Waals surface area contributed by atoms with Gasteiger partial charge in [-0.15, -0.1) is 0 Å². The van der Waals surface area contributed by atoms with Crippen molar-refractivity contribution in [3.63, 3.8) is 0 Å². The molecule has 0 aromatic heterocycles. The highest BCUT2D eigenvalue weighted by atomic mass is 32.2. The van der Waals surface area contributed by atoms with Crippen LogP contribution in [-0.2, 0) is 14.6 Å². The van der Waals surface area contributed by atoms with Gasteiger partial charge in [0, 0.05) is 0 Å². The summed E-state index contributed by atoms with van der Waals surface area (Å²) in [6, 6.07) is 0. The van der Waals surface area contributed by atoms with Crippen LogP contribution in [0.1, 0.15) is 20.3 Å². The fourth-order valence-electron chi connectivity index (χ4n) is 1.73. The number of sulfone groups is 1. The first-order chi connectivity index (χ1) is 6.87. The maximum absolute atomic E-state index is 11.4. The molecule has 1 saturated heterocycles. The zero-order valence-electron chi connectivity index (χ0n) is 9.17. The van der Waals surface area contributed by atoms with Gasteiger partial charge in [-0.25, -0.2) is 8.42 Å². The number of likely N-dealkylation sites (N-methyl/N-ethyl adjacent to an activating group) is 1. The van der Waals surface area contributed by atoms with Crippen LogP contribution in [0, 0.1) is 0 Å². The lowest BCUT2D eigenvalue weighted by atomic mass is 10.0. The van der Waals surface area contributed by atoms with Gasteiger partial charge in [0.2, 0.25) is 5.91 Å². The summed E-state index contributed by atoms with van der Waals surface area (Å²) >= 11 is 0. The molecule has 1 aliphatic heterocycles. The summed E-state index contributed by atoms with van der Waals surface area (Å²) in [5.41, 5.74) is -0.578. The van der Waals surface area contributed by atoms with E-state index in [0.717, 1.165) is 6.54 Å². The zero-order valence-corrected chi connectivity index (χ0v) is 9.99. The smallest absolute Gasteiger partial charge is 0.234 e. The third-order valence-corrected chi connectivity index (χ3v) is 4.38. The number of rotatable bonds is 4. The fourth-order valence-corrected chi connectivity index (χ4v) is 3.82. The summed E-state index contributed by atoms with van der Waals surface area (Å²) in [5, 5.41) is 5.66. The second-order valence-electron chi connectivity index (χ2n) is 4.23. The summed E-state index contributed by atoms with van der Waals surface area (Å²) < 4.78 is 22.5. The number of carbonyl (C=O) groups excluding carboxylic acids is 1. The standard InChI is InChI=1S/C9H18N2O3S/c1-3-10-6-8(12)11-9(2)4-5-15(13,14)7-9/h10H,3-7H2,1-2H3,(H,11,12). The van der Waals surface area contributed by atoms with Crippen LogP contribution in [0.15, 0.2) is 0 Å². The largest absolute Gasteiger partial charge is 0.349 e. The maximum atomic E-state index is 11.4. The molecule has 5 nitrogen and oxygen atoms in total. The Balaban J connectivity index is 2.48. The number of carbonyl (C=O) groups is 1. The molecule has 1 aliphatic rings. The van der Waals surface area contributed by atoms with Crippen molar-refractivity contribution in [2.24, 2.45) is 0 Å². The highest BCUT2D eigenvalue weighted by Gasteiger charge is 2.39. The molecule has 88 valence electrons. The lowest BCUT2D eigenvalue weighted by Gasteiger charge is -2.23. The predicted octanol–water partition coefficient (Wildman–Crippen LogP) is -0.711. The molecule has 0 spiro atoms. The van der Waals surface area contributed by atoms with E-state index in [4.69, 9.17) is 0 Å². The SMILES string of the molecule is CCNCC(=O)NC1(C)CCS(=O)(=O)C1. The predicted molar refractivity (Wildman–Crippen MR) is 58.4 cm³/mol. The molecular weight excluding hydrogens is 216 g/mol. The minimum Gasteiger partial charge on any atom is -0.349 e. The lowest BCUT2D eigenvalue weighted by Crippen LogP contribution is -2.49. The molecule has 1 fully saturated rings. The van der Waals surface area contributed by atoms with Crippen LogP contribution in [0.2, 0.25) is 0 Å². The number of nitrogens with one attached hydrogen (secondary N) is 2. The molecule has 0 saturated carbocycles. The molecule has 15 heavy (non-hydrogen) atoms. The monoisotopic (exact) mass is 234 g/mol. The second-order valence-corrected chi connectivity index (χ2v) is 6.42. The molecule has 1 atom stereocenters. The molecule has 1 unspecified atom stereocenters. The first-order valence-electron chi connectivity index (χ1n) is 5.09. The van der Waals surface area contributed by atoms with Crippen molar-refractivity contribution in [1.29, 1.82) is 0 Å². The van der Waals surface area contributed by atoms with Crippen LogP contribution in [0.4, 0.5) is 0 Å². The highest BCUT2D eigenvalue weighted by molar-refractivity contribution is 7.91. The van der Waals surface area contributed by atoms with Gasteiger partial charge in [0.25, 0.3) is 0 Å². The van der Waals surface area contributed by atoms with Gasteiger partial charge in [0.05, 0.1) is 23.6 Å². The highest BCUT2D eigenvalue weighted by Crippen LogP contribution is 2.22. The fraction of sp³-hybridized carbons (Fsp3) is 0.889. The van der Waals surface area contributed by atoms with Crippen molar-refractivity contribution in [1.82, 2.24) is 10.6 Å². The van der Waals surface area contributed by atoms with Gasteiger partial charge in [-0.05, 0) is 19.9 Å². The summed E-state index contributed by atoms with van der Waals surface area (Å²) in [7, 11) is -2.96. The van der Waals surface area contributed by atoms with Gasteiger partial charge in [0.15, 0.2) is 9.84 Å². The van der Waals surface area contributed by atoms with E-state index in [1.54, 1.807) is 6.92 Å². The molecule has 2 N–H and O–H groups in total. The number of amides is 1. The zero-order chi connectivity index (χ0) is 11.5. The Morgan fingerprint density at radius 1 is 1.47 bits per heavy atom. The summed E-state index contributed by atoms with van der Waals surface area (Å²) in [4.78, 5) is 11.4. The Labute approximate surface area is 90.5 Å². The summed E-state index contributed by atoms with van der Waals surface area (Å²) in [6.07, 6.45) is 0.507. The first kappa shape index (κ1) is 12.4. The first-order valence-corrected chi connectivity index (χ1v) is 6.91. The Hall–Kier alpha value is -0.620. The van der Waals surface area contributed by atoms with E-state index in [-0.39, 0.29) is 24.0 Å². The average molecular weight is 234 g/mol. The van der Waals surface area contributed by atoms with Crippen LogP contribution in [0.5, 0.6) is 0 Å². The van der Waals surface area contributed by atoms with Crippen molar-refractivity contribution in [2.75, 3.05) is 24.6 Å². The molecule has 1 rings (SSSR count). The van der Waals surface area contributed by atoms with Crippen molar-refractivity contribution < 1.29 is 13.2 Å². The van der Waals surface area contributed by atoms with Crippen LogP contribution in [-0.4, -0.2) is 44.5 Å². The van der Waals surface area contributed by atoms with E-state index < -0.39 is 15.4 Å². The van der Waals surface area contributed by atoms with Crippen LogP contribution >= 0.6 is 0 Å². The van der Waals surface area contributed by atoms with Gasteiger partial charge in [-0.3, -0.25) is 4.79 Å². The van der Waals surface area contributed by atoms with E-state index >= 15 is 0 Å². The summed E-state index contributed by atoms with van der Waals surface area (Å²) in [6.45, 7) is 4.66. The normalized spacial score (nSPS) is 28.9. The van der Waals surface area contributed by atoms with Crippen molar-refractivity contribution in [3.8, 4) is 0 Å². The third-order valence-electron chi connectivity index (χ3n) is 2.48. The molecule has 0 aromatic carbocycles. The molecule has 0 bridgehead atoms. The van der Waals surface area contributed by atoms with E-state index in [0.29, 0.717) is 6.42 Å². The topological polar surface area (TPSA) is 75.3 Å². The number of hydrogen-bond acceptors (Lipinski definition) is 4. The Morgan fingerprint density at radius 3 is 2.60 bits per heavy atom. The minimum absolute atomic E-state index is 0.0534. The van der Waals surface area contributed by atoms with E-state index in [1.807, 2.05) is 6.92 Å². The Bertz CT molecular complexity index is 339. The van der Waals surface area contributed by atoms with Crippen molar-refractivity contribution in [3.05, 3.63) is 0 Å². The van der Waals surface area contributed by atoms with Gasteiger partial charge in [0.1, 0.15) is 0 Å². The third kappa shape index (κ3) is 3.79. The van der Waals surface area contributed by atoms with Gasteiger partial charge in [-0.2, -0.15) is 0 Å². The number of hydrogen-bond donors (Lipinski definition) is 2. The quantitative estimate of drug-likeness (QED) is 0.674. The molecule has 0 radical (unpaired) electrons. The molecule has 1 heterocycles. The van der Waals surface area contributed by atoms with E-state index in [9.17, 15) is 13.2 Å². The van der Waals surface area contributed by atoms with Crippen molar-refractivity contribution >= 4 is 15.7 Å².